The molecule has 0 aliphatic rings. The van der Waals surface area contributed by atoms with Crippen molar-refractivity contribution in [2.45, 2.75) is 6.42 Å². The highest BCUT2D eigenvalue weighted by Crippen LogP contribution is 2.18. The van der Waals surface area contributed by atoms with Gasteiger partial charge in [-0.2, -0.15) is 0 Å². The van der Waals surface area contributed by atoms with E-state index in [1.165, 1.54) is 19.2 Å². The van der Waals surface area contributed by atoms with Gasteiger partial charge in [-0.15, -0.1) is 0 Å². The van der Waals surface area contributed by atoms with Crippen LogP contribution in [0, 0.1) is 10.1 Å². The quantitative estimate of drug-likeness (QED) is 0.442. The summed E-state index contributed by atoms with van der Waals surface area (Å²) in [6, 6.07) is 6.17. The van der Waals surface area contributed by atoms with Gasteiger partial charge in [0.15, 0.2) is 0 Å². The maximum Gasteiger partial charge on any atom is 0.307 e. The Balaban J connectivity index is 2.60. The number of nitro groups is 1. The summed E-state index contributed by atoms with van der Waals surface area (Å²) in [4.78, 5) is 22.8. The third-order valence-electron chi connectivity index (χ3n) is 2.38. The Morgan fingerprint density at radius 3 is 2.47 bits per heavy atom. The highest BCUT2D eigenvalue weighted by atomic mass is 16.6. The predicted molar refractivity (Wildman–Crippen MR) is 63.0 cm³/mol. The third kappa shape index (κ3) is 3.75. The van der Waals surface area contributed by atoms with E-state index in [2.05, 4.69) is 4.74 Å². The molecule has 0 amide bonds. The van der Waals surface area contributed by atoms with Gasteiger partial charge in [-0.25, -0.2) is 0 Å². The van der Waals surface area contributed by atoms with Crippen LogP contribution < -0.4 is 4.90 Å². The first-order valence-electron chi connectivity index (χ1n) is 5.07. The van der Waals surface area contributed by atoms with Crippen molar-refractivity contribution in [2.24, 2.45) is 0 Å². The lowest BCUT2D eigenvalue weighted by molar-refractivity contribution is -0.384. The molecule has 92 valence electrons. The largest absolute Gasteiger partial charge is 0.469 e. The van der Waals surface area contributed by atoms with Crippen LogP contribution in [0.3, 0.4) is 0 Å². The number of hydrogen-bond donors (Lipinski definition) is 0. The molecule has 0 aliphatic heterocycles. The standard InChI is InChI=1S/C11H14N2O4/c1-12(8-7-11(14)17-2)9-3-5-10(6-4-9)13(15)16/h3-6H,7-8H2,1-2H3. The summed E-state index contributed by atoms with van der Waals surface area (Å²) in [6.45, 7) is 0.504. The van der Waals surface area contributed by atoms with Crippen molar-refractivity contribution in [3.63, 3.8) is 0 Å². The number of rotatable bonds is 5. The van der Waals surface area contributed by atoms with Crippen LogP contribution in [0.5, 0.6) is 0 Å². The summed E-state index contributed by atoms with van der Waals surface area (Å²) in [7, 11) is 3.15. The van der Waals surface area contributed by atoms with Crippen LogP contribution in [-0.4, -0.2) is 31.6 Å². The zero-order chi connectivity index (χ0) is 12.8. The van der Waals surface area contributed by atoms with Gasteiger partial charge in [0.1, 0.15) is 0 Å². The van der Waals surface area contributed by atoms with Crippen LogP contribution in [0.4, 0.5) is 11.4 Å². The van der Waals surface area contributed by atoms with Gasteiger partial charge in [0, 0.05) is 31.4 Å². The average molecular weight is 238 g/mol. The normalized spacial score (nSPS) is 9.76. The van der Waals surface area contributed by atoms with Crippen molar-refractivity contribution in [1.29, 1.82) is 0 Å². The molecular weight excluding hydrogens is 224 g/mol. The van der Waals surface area contributed by atoms with E-state index in [9.17, 15) is 14.9 Å². The Morgan fingerprint density at radius 1 is 1.41 bits per heavy atom. The van der Waals surface area contributed by atoms with Gasteiger partial charge in [-0.3, -0.25) is 14.9 Å². The molecule has 6 heteroatoms. The summed E-state index contributed by atoms with van der Waals surface area (Å²) in [6.07, 6.45) is 0.282. The number of nitrogens with zero attached hydrogens (tertiary/aromatic N) is 2. The minimum atomic E-state index is -0.446. The number of anilines is 1. The van der Waals surface area contributed by atoms with Crippen LogP contribution in [-0.2, 0) is 9.53 Å². The van der Waals surface area contributed by atoms with Gasteiger partial charge >= 0.3 is 5.97 Å². The van der Waals surface area contributed by atoms with E-state index in [1.54, 1.807) is 12.1 Å². The molecule has 0 atom stereocenters. The molecule has 0 N–H and O–H groups in total. The molecule has 17 heavy (non-hydrogen) atoms. The van der Waals surface area contributed by atoms with Gasteiger partial charge in [0.2, 0.25) is 0 Å². The van der Waals surface area contributed by atoms with Crippen molar-refractivity contribution in [3.8, 4) is 0 Å². The van der Waals surface area contributed by atoms with Crippen LogP contribution in [0.2, 0.25) is 0 Å². The Kier molecular flexibility index (Phi) is 4.45. The molecule has 0 fully saturated rings. The lowest BCUT2D eigenvalue weighted by Gasteiger charge is -2.18. The van der Waals surface area contributed by atoms with Crippen molar-refractivity contribution in [1.82, 2.24) is 0 Å². The monoisotopic (exact) mass is 238 g/mol. The number of benzene rings is 1. The highest BCUT2D eigenvalue weighted by molar-refractivity contribution is 5.70. The zero-order valence-electron chi connectivity index (χ0n) is 9.75. The first-order chi connectivity index (χ1) is 8.04. The van der Waals surface area contributed by atoms with Crippen LogP contribution in [0.1, 0.15) is 6.42 Å². The van der Waals surface area contributed by atoms with Gasteiger partial charge < -0.3 is 9.64 Å². The second-order valence-corrected chi connectivity index (χ2v) is 3.52. The predicted octanol–water partition coefficient (Wildman–Crippen LogP) is 1.59. The Bertz CT molecular complexity index is 402. The number of carbonyl (C=O) groups is 1. The average Bonchev–Trinajstić information content (AvgIpc) is 2.35. The molecule has 1 aromatic rings. The molecule has 0 aromatic heterocycles. The van der Waals surface area contributed by atoms with Crippen molar-refractivity contribution < 1.29 is 14.5 Å². The zero-order valence-corrected chi connectivity index (χ0v) is 9.75. The lowest BCUT2D eigenvalue weighted by atomic mass is 10.2. The fourth-order valence-corrected chi connectivity index (χ4v) is 1.32. The molecule has 1 aromatic carbocycles. The summed E-state index contributed by atoms with van der Waals surface area (Å²) in [5.41, 5.74) is 0.870. The lowest BCUT2D eigenvalue weighted by Crippen LogP contribution is -2.21. The van der Waals surface area contributed by atoms with E-state index in [4.69, 9.17) is 0 Å². The number of nitro benzene ring substituents is 1. The summed E-state index contributed by atoms with van der Waals surface area (Å²) in [5.74, 6) is -0.279. The van der Waals surface area contributed by atoms with Crippen molar-refractivity contribution in [2.75, 3.05) is 25.6 Å². The third-order valence-corrected chi connectivity index (χ3v) is 2.38. The smallest absolute Gasteiger partial charge is 0.307 e. The fraction of sp³-hybridized carbons (Fsp3) is 0.364. The molecule has 0 spiro atoms. The van der Waals surface area contributed by atoms with E-state index < -0.39 is 4.92 Å². The molecule has 0 heterocycles. The Morgan fingerprint density at radius 2 is 2.00 bits per heavy atom. The molecule has 6 nitrogen and oxygen atoms in total. The number of methoxy groups -OCH3 is 1. The molecule has 0 bridgehead atoms. The van der Waals surface area contributed by atoms with Crippen molar-refractivity contribution in [3.05, 3.63) is 34.4 Å². The number of esters is 1. The minimum absolute atomic E-state index is 0.0510. The number of non-ortho nitro benzene ring substituents is 1. The van der Waals surface area contributed by atoms with E-state index in [-0.39, 0.29) is 18.1 Å². The van der Waals surface area contributed by atoms with Gasteiger partial charge in [-0.05, 0) is 12.1 Å². The maximum atomic E-state index is 11.0. The Hall–Kier alpha value is -2.11. The first kappa shape index (κ1) is 13.0. The summed E-state index contributed by atoms with van der Waals surface area (Å²) >= 11 is 0. The summed E-state index contributed by atoms with van der Waals surface area (Å²) < 4.78 is 4.53. The molecule has 1 rings (SSSR count). The second-order valence-electron chi connectivity index (χ2n) is 3.52. The number of hydrogen-bond acceptors (Lipinski definition) is 5. The van der Waals surface area contributed by atoms with Gasteiger partial charge in [0.05, 0.1) is 18.5 Å². The number of ether oxygens (including phenoxy) is 1. The van der Waals surface area contributed by atoms with Crippen LogP contribution in [0.15, 0.2) is 24.3 Å². The van der Waals surface area contributed by atoms with E-state index >= 15 is 0 Å². The molecule has 0 radical (unpaired) electrons. The Labute approximate surface area is 98.9 Å². The molecular formula is C11H14N2O4. The highest BCUT2D eigenvalue weighted by Gasteiger charge is 2.08. The van der Waals surface area contributed by atoms with E-state index in [0.29, 0.717) is 6.54 Å². The van der Waals surface area contributed by atoms with E-state index in [0.717, 1.165) is 5.69 Å². The molecule has 0 saturated carbocycles. The topological polar surface area (TPSA) is 72.7 Å². The minimum Gasteiger partial charge on any atom is -0.469 e. The molecule has 0 unspecified atom stereocenters. The summed E-state index contributed by atoms with van der Waals surface area (Å²) in [5, 5.41) is 10.5. The SMILES string of the molecule is COC(=O)CCN(C)c1ccc([N+](=O)[O-])cc1. The van der Waals surface area contributed by atoms with Crippen LogP contribution in [0.25, 0.3) is 0 Å². The van der Waals surface area contributed by atoms with Gasteiger partial charge in [0.25, 0.3) is 5.69 Å². The van der Waals surface area contributed by atoms with E-state index in [1.807, 2.05) is 11.9 Å². The first-order valence-corrected chi connectivity index (χ1v) is 5.07. The van der Waals surface area contributed by atoms with Crippen LogP contribution >= 0.6 is 0 Å². The van der Waals surface area contributed by atoms with Gasteiger partial charge in [-0.1, -0.05) is 0 Å². The molecule has 0 aliphatic carbocycles. The second kappa shape index (κ2) is 5.83. The number of carbonyl (C=O) groups excluding carboxylic acids is 1. The molecule has 0 saturated heterocycles. The fourth-order valence-electron chi connectivity index (χ4n) is 1.32. The van der Waals surface area contributed by atoms with Crippen molar-refractivity contribution >= 4 is 17.3 Å². The maximum absolute atomic E-state index is 11.0.